The predicted molar refractivity (Wildman–Crippen MR) is 113 cm³/mol. The van der Waals surface area contributed by atoms with E-state index in [4.69, 9.17) is 21.7 Å². The molecule has 0 unspecified atom stereocenters. The van der Waals surface area contributed by atoms with E-state index in [0.717, 1.165) is 22.6 Å². The molecule has 0 aliphatic carbocycles. The quantitative estimate of drug-likeness (QED) is 0.602. The standard InChI is InChI=1S/C21H18ClN3O2S/c1-27-15-8-6-13(7-9-15)17-12-28-21(24-17)19-18(26)11-25(20(19)23)10-14-4-2-3-5-16(14)22/h2-9,12,23,26H,10-11H2,1H3. The lowest BCUT2D eigenvalue weighted by atomic mass is 10.1. The van der Waals surface area contributed by atoms with Gasteiger partial charge in [0.1, 0.15) is 22.4 Å². The van der Waals surface area contributed by atoms with Crippen molar-refractivity contribution >= 4 is 34.3 Å². The second-order valence-corrected chi connectivity index (χ2v) is 7.65. The highest BCUT2D eigenvalue weighted by Crippen LogP contribution is 2.33. The third-order valence-electron chi connectivity index (χ3n) is 4.61. The predicted octanol–water partition coefficient (Wildman–Crippen LogP) is 5.23. The summed E-state index contributed by atoms with van der Waals surface area (Å²) in [7, 11) is 1.63. The molecule has 0 radical (unpaired) electrons. The largest absolute Gasteiger partial charge is 0.510 e. The number of aromatic nitrogens is 1. The first kappa shape index (κ1) is 18.5. The number of amidine groups is 1. The van der Waals surface area contributed by atoms with Gasteiger partial charge < -0.3 is 14.7 Å². The Balaban J connectivity index is 1.56. The Bertz CT molecular complexity index is 1060. The van der Waals surface area contributed by atoms with Crippen LogP contribution in [-0.2, 0) is 6.54 Å². The van der Waals surface area contributed by atoms with Gasteiger partial charge in [0, 0.05) is 22.5 Å². The number of methoxy groups -OCH3 is 1. The molecule has 5 nitrogen and oxygen atoms in total. The zero-order chi connectivity index (χ0) is 19.7. The summed E-state index contributed by atoms with van der Waals surface area (Å²) in [6.45, 7) is 0.736. The van der Waals surface area contributed by atoms with E-state index in [1.807, 2.05) is 53.9 Å². The Morgan fingerprint density at radius 3 is 2.68 bits per heavy atom. The monoisotopic (exact) mass is 411 g/mol. The second-order valence-electron chi connectivity index (χ2n) is 6.38. The summed E-state index contributed by atoms with van der Waals surface area (Å²) in [5, 5.41) is 22.2. The molecule has 142 valence electrons. The third-order valence-corrected chi connectivity index (χ3v) is 5.83. The molecular weight excluding hydrogens is 394 g/mol. The molecule has 0 bridgehead atoms. The molecule has 0 fully saturated rings. The highest BCUT2D eigenvalue weighted by Gasteiger charge is 2.30. The average Bonchev–Trinajstić information content (AvgIpc) is 3.28. The molecule has 0 amide bonds. The molecule has 3 aromatic rings. The normalized spacial score (nSPS) is 14.1. The van der Waals surface area contributed by atoms with Gasteiger partial charge in [-0.25, -0.2) is 4.98 Å². The van der Waals surface area contributed by atoms with Gasteiger partial charge in [0.2, 0.25) is 0 Å². The molecule has 2 heterocycles. The third kappa shape index (κ3) is 3.48. The van der Waals surface area contributed by atoms with Gasteiger partial charge in [-0.1, -0.05) is 29.8 Å². The van der Waals surface area contributed by atoms with Crippen molar-refractivity contribution in [2.24, 2.45) is 0 Å². The number of ether oxygens (including phenoxy) is 1. The Morgan fingerprint density at radius 1 is 1.21 bits per heavy atom. The Labute approximate surface area is 172 Å². The second kappa shape index (κ2) is 7.66. The minimum atomic E-state index is 0.160. The van der Waals surface area contributed by atoms with Crippen LogP contribution in [-0.4, -0.2) is 34.5 Å². The fourth-order valence-corrected chi connectivity index (χ4v) is 4.20. The van der Waals surface area contributed by atoms with Crippen LogP contribution in [0.2, 0.25) is 5.02 Å². The summed E-state index contributed by atoms with van der Waals surface area (Å²) in [5.74, 6) is 1.20. The lowest BCUT2D eigenvalue weighted by molar-refractivity contribution is 0.347. The molecular formula is C21H18ClN3O2S. The van der Waals surface area contributed by atoms with Crippen molar-refractivity contribution in [2.75, 3.05) is 13.7 Å². The van der Waals surface area contributed by atoms with Gasteiger partial charge in [-0.2, -0.15) is 0 Å². The van der Waals surface area contributed by atoms with Gasteiger partial charge in [0.25, 0.3) is 0 Å². The van der Waals surface area contributed by atoms with Gasteiger partial charge in [-0.05, 0) is 35.9 Å². The minimum absolute atomic E-state index is 0.160. The van der Waals surface area contributed by atoms with Crippen LogP contribution in [0.1, 0.15) is 10.6 Å². The van der Waals surface area contributed by atoms with E-state index < -0.39 is 0 Å². The van der Waals surface area contributed by atoms with Gasteiger partial charge in [-0.3, -0.25) is 5.41 Å². The first-order valence-corrected chi connectivity index (χ1v) is 9.92. The van der Waals surface area contributed by atoms with E-state index in [-0.39, 0.29) is 18.1 Å². The van der Waals surface area contributed by atoms with Crippen LogP contribution in [0.4, 0.5) is 0 Å². The number of benzene rings is 2. The van der Waals surface area contributed by atoms with E-state index in [2.05, 4.69) is 4.98 Å². The topological polar surface area (TPSA) is 69.4 Å². The number of nitrogens with zero attached hydrogens (tertiary/aromatic N) is 2. The number of thiazole rings is 1. The molecule has 7 heteroatoms. The van der Waals surface area contributed by atoms with Crippen molar-refractivity contribution in [2.45, 2.75) is 6.54 Å². The van der Waals surface area contributed by atoms with Crippen LogP contribution in [0, 0.1) is 5.41 Å². The summed E-state index contributed by atoms with van der Waals surface area (Å²) in [6.07, 6.45) is 0. The van der Waals surface area contributed by atoms with Gasteiger partial charge in [-0.15, -0.1) is 11.3 Å². The maximum atomic E-state index is 10.5. The smallest absolute Gasteiger partial charge is 0.135 e. The van der Waals surface area contributed by atoms with Crippen LogP contribution in [0.15, 0.2) is 59.7 Å². The van der Waals surface area contributed by atoms with E-state index >= 15 is 0 Å². The molecule has 0 spiro atoms. The Morgan fingerprint density at radius 2 is 1.96 bits per heavy atom. The molecule has 0 saturated carbocycles. The van der Waals surface area contributed by atoms with Crippen molar-refractivity contribution < 1.29 is 9.84 Å². The van der Waals surface area contributed by atoms with Crippen molar-refractivity contribution in [1.29, 1.82) is 5.41 Å². The number of hydrogen-bond donors (Lipinski definition) is 2. The van der Waals surface area contributed by atoms with E-state index in [9.17, 15) is 5.11 Å². The molecule has 2 aromatic carbocycles. The van der Waals surface area contributed by atoms with Crippen molar-refractivity contribution in [3.05, 3.63) is 75.3 Å². The summed E-state index contributed by atoms with van der Waals surface area (Å²) in [6, 6.07) is 15.2. The zero-order valence-electron chi connectivity index (χ0n) is 15.1. The molecule has 28 heavy (non-hydrogen) atoms. The fourth-order valence-electron chi connectivity index (χ4n) is 3.11. The van der Waals surface area contributed by atoms with Crippen molar-refractivity contribution in [1.82, 2.24) is 9.88 Å². The number of aliphatic hydroxyl groups is 1. The van der Waals surface area contributed by atoms with E-state index in [1.165, 1.54) is 11.3 Å². The number of hydrogen-bond acceptors (Lipinski definition) is 5. The van der Waals surface area contributed by atoms with E-state index in [0.29, 0.717) is 22.1 Å². The van der Waals surface area contributed by atoms with Gasteiger partial charge in [0.05, 0.1) is 24.9 Å². The molecule has 0 saturated heterocycles. The number of rotatable bonds is 5. The van der Waals surface area contributed by atoms with Crippen LogP contribution >= 0.6 is 22.9 Å². The molecule has 4 rings (SSSR count). The molecule has 1 aliphatic rings. The lowest BCUT2D eigenvalue weighted by Gasteiger charge is -2.19. The number of halogens is 1. The van der Waals surface area contributed by atoms with Crippen LogP contribution in [0.25, 0.3) is 16.8 Å². The highest BCUT2D eigenvalue weighted by atomic mass is 35.5. The first-order chi connectivity index (χ1) is 13.6. The molecule has 2 N–H and O–H groups in total. The molecule has 1 aliphatic heterocycles. The van der Waals surface area contributed by atoms with Crippen molar-refractivity contribution in [3.63, 3.8) is 0 Å². The maximum Gasteiger partial charge on any atom is 0.135 e. The Kier molecular flexibility index (Phi) is 5.07. The molecule has 1 aromatic heterocycles. The summed E-state index contributed by atoms with van der Waals surface area (Å²) in [5.41, 5.74) is 3.17. The zero-order valence-corrected chi connectivity index (χ0v) is 16.7. The number of nitrogens with one attached hydrogen (secondary N) is 1. The van der Waals surface area contributed by atoms with E-state index in [1.54, 1.807) is 12.0 Å². The molecule has 0 atom stereocenters. The first-order valence-electron chi connectivity index (χ1n) is 8.66. The number of aliphatic hydroxyl groups excluding tert-OH is 1. The van der Waals surface area contributed by atoms with Crippen LogP contribution < -0.4 is 4.74 Å². The minimum Gasteiger partial charge on any atom is -0.510 e. The summed E-state index contributed by atoms with van der Waals surface area (Å²) >= 11 is 7.66. The SMILES string of the molecule is COc1ccc(-c2csc(C3=C(O)CN(Cc4ccccc4Cl)C3=N)n2)cc1. The Hall–Kier alpha value is -2.83. The van der Waals surface area contributed by atoms with Gasteiger partial charge in [0.15, 0.2) is 0 Å². The van der Waals surface area contributed by atoms with Crippen LogP contribution in [0.3, 0.4) is 0 Å². The summed E-state index contributed by atoms with van der Waals surface area (Å²) in [4.78, 5) is 6.44. The summed E-state index contributed by atoms with van der Waals surface area (Å²) < 4.78 is 5.19. The van der Waals surface area contributed by atoms with Gasteiger partial charge >= 0.3 is 0 Å². The van der Waals surface area contributed by atoms with Crippen LogP contribution in [0.5, 0.6) is 5.75 Å². The highest BCUT2D eigenvalue weighted by molar-refractivity contribution is 7.11. The lowest BCUT2D eigenvalue weighted by Crippen LogP contribution is -2.26. The maximum absolute atomic E-state index is 10.5. The van der Waals surface area contributed by atoms with Crippen molar-refractivity contribution in [3.8, 4) is 17.0 Å². The fraction of sp³-hybridized carbons (Fsp3) is 0.143. The average molecular weight is 412 g/mol.